The summed E-state index contributed by atoms with van der Waals surface area (Å²) in [6.07, 6.45) is 2.14. The Morgan fingerprint density at radius 1 is 1.27 bits per heavy atom. The molecule has 0 saturated carbocycles. The molecule has 3 nitrogen and oxygen atoms in total. The lowest BCUT2D eigenvalue weighted by molar-refractivity contribution is 0.177. The van der Waals surface area contributed by atoms with E-state index in [4.69, 9.17) is 9.31 Å². The predicted molar refractivity (Wildman–Crippen MR) is 45.6 cm³/mol. The normalized spacial score (nSPS) is 21.0. The van der Waals surface area contributed by atoms with Crippen LogP contribution in [0, 0.1) is 0 Å². The molecule has 0 spiro atoms. The van der Waals surface area contributed by atoms with Crippen LogP contribution in [0.15, 0.2) is 0 Å². The molecule has 0 bridgehead atoms. The summed E-state index contributed by atoms with van der Waals surface area (Å²) in [7, 11) is 0.0436. The van der Waals surface area contributed by atoms with Crippen LogP contribution in [0.3, 0.4) is 0 Å². The molecule has 4 heteroatoms. The summed E-state index contributed by atoms with van der Waals surface area (Å²) in [5.74, 6) is 0. The Morgan fingerprint density at radius 3 is 2.45 bits per heavy atom. The molecule has 1 aliphatic heterocycles. The van der Waals surface area contributed by atoms with Crippen molar-refractivity contribution in [2.45, 2.75) is 19.7 Å². The van der Waals surface area contributed by atoms with E-state index in [1.54, 1.807) is 0 Å². The number of nitrogens with one attached hydrogen (secondary N) is 1. The molecule has 1 aliphatic rings. The second-order valence-electron chi connectivity index (χ2n) is 2.71. The molecule has 0 unspecified atom stereocenters. The summed E-state index contributed by atoms with van der Waals surface area (Å²) < 4.78 is 10.9. The topological polar surface area (TPSA) is 30.5 Å². The van der Waals surface area contributed by atoms with Crippen LogP contribution in [-0.2, 0) is 9.31 Å². The van der Waals surface area contributed by atoms with Gasteiger partial charge in [0, 0.05) is 26.3 Å². The summed E-state index contributed by atoms with van der Waals surface area (Å²) in [5.41, 5.74) is 0. The van der Waals surface area contributed by atoms with Crippen molar-refractivity contribution >= 4 is 7.12 Å². The van der Waals surface area contributed by atoms with E-state index in [-0.39, 0.29) is 7.12 Å². The standard InChI is InChI=1S/C7H16BNO2/c1-2-3-8-10-6-4-9-5-7-11-8/h9H,2-7H2,1H3. The van der Waals surface area contributed by atoms with Crippen LogP contribution in [0.2, 0.25) is 6.32 Å². The SMILES string of the molecule is CCCB1OCCNCCO1. The van der Waals surface area contributed by atoms with E-state index in [1.807, 2.05) is 0 Å². The van der Waals surface area contributed by atoms with Crippen LogP contribution in [0.25, 0.3) is 0 Å². The minimum absolute atomic E-state index is 0.0436. The molecule has 0 radical (unpaired) electrons. The molecule has 0 atom stereocenters. The molecule has 1 fully saturated rings. The molecule has 11 heavy (non-hydrogen) atoms. The first kappa shape index (κ1) is 9.04. The Kier molecular flexibility index (Phi) is 4.58. The van der Waals surface area contributed by atoms with Gasteiger partial charge in [-0.2, -0.15) is 0 Å². The van der Waals surface area contributed by atoms with Gasteiger partial charge in [-0.1, -0.05) is 13.3 Å². The van der Waals surface area contributed by atoms with Crippen LogP contribution in [0.4, 0.5) is 0 Å². The van der Waals surface area contributed by atoms with Gasteiger partial charge in [-0.15, -0.1) is 0 Å². The van der Waals surface area contributed by atoms with E-state index < -0.39 is 0 Å². The van der Waals surface area contributed by atoms with Crippen molar-refractivity contribution < 1.29 is 9.31 Å². The molecule has 1 N–H and O–H groups in total. The lowest BCUT2D eigenvalue weighted by atomic mass is 9.83. The Balaban J connectivity index is 2.15. The highest BCUT2D eigenvalue weighted by Crippen LogP contribution is 2.01. The summed E-state index contributed by atoms with van der Waals surface area (Å²) >= 11 is 0. The van der Waals surface area contributed by atoms with Crippen LogP contribution in [-0.4, -0.2) is 33.4 Å². The highest BCUT2D eigenvalue weighted by Gasteiger charge is 2.17. The van der Waals surface area contributed by atoms with Gasteiger partial charge < -0.3 is 14.6 Å². The first-order valence-electron chi connectivity index (χ1n) is 4.37. The Morgan fingerprint density at radius 2 is 1.91 bits per heavy atom. The van der Waals surface area contributed by atoms with Crippen molar-refractivity contribution in [1.29, 1.82) is 0 Å². The summed E-state index contributed by atoms with van der Waals surface area (Å²) in [5, 5.41) is 3.20. The highest BCUT2D eigenvalue weighted by molar-refractivity contribution is 6.44. The molecule has 1 heterocycles. The monoisotopic (exact) mass is 157 g/mol. The van der Waals surface area contributed by atoms with Gasteiger partial charge in [0.25, 0.3) is 0 Å². The molecule has 1 rings (SSSR count). The summed E-state index contributed by atoms with van der Waals surface area (Å²) in [6.45, 7) is 5.58. The van der Waals surface area contributed by atoms with Crippen molar-refractivity contribution in [1.82, 2.24) is 5.32 Å². The summed E-state index contributed by atoms with van der Waals surface area (Å²) in [6, 6.07) is 0. The van der Waals surface area contributed by atoms with Crippen molar-refractivity contribution in [3.8, 4) is 0 Å². The molecule has 1 saturated heterocycles. The third-order valence-electron chi connectivity index (χ3n) is 1.69. The highest BCUT2D eigenvalue weighted by atomic mass is 16.6. The molecular formula is C7H16BNO2. The van der Waals surface area contributed by atoms with E-state index >= 15 is 0 Å². The molecule has 0 aromatic carbocycles. The predicted octanol–water partition coefficient (Wildman–Crippen LogP) is 0.521. The maximum atomic E-state index is 5.44. The van der Waals surface area contributed by atoms with Crippen molar-refractivity contribution in [2.24, 2.45) is 0 Å². The van der Waals surface area contributed by atoms with E-state index in [0.29, 0.717) is 0 Å². The van der Waals surface area contributed by atoms with Crippen molar-refractivity contribution in [2.75, 3.05) is 26.3 Å². The van der Waals surface area contributed by atoms with Crippen LogP contribution in [0.5, 0.6) is 0 Å². The second-order valence-corrected chi connectivity index (χ2v) is 2.71. The van der Waals surface area contributed by atoms with Gasteiger partial charge >= 0.3 is 7.12 Å². The smallest absolute Gasteiger partial charge is 0.410 e. The lowest BCUT2D eigenvalue weighted by Crippen LogP contribution is -2.35. The van der Waals surface area contributed by atoms with Gasteiger partial charge in [0.1, 0.15) is 0 Å². The van der Waals surface area contributed by atoms with Gasteiger partial charge in [0.2, 0.25) is 0 Å². The van der Waals surface area contributed by atoms with Crippen molar-refractivity contribution in [3.05, 3.63) is 0 Å². The molecule has 64 valence electrons. The Labute approximate surface area is 68.6 Å². The summed E-state index contributed by atoms with van der Waals surface area (Å²) in [4.78, 5) is 0. The average Bonchev–Trinajstić information content (AvgIpc) is 1.94. The van der Waals surface area contributed by atoms with E-state index in [1.165, 1.54) is 0 Å². The Hall–Kier alpha value is -0.0551. The fraction of sp³-hybridized carbons (Fsp3) is 1.00. The van der Waals surface area contributed by atoms with Crippen LogP contribution >= 0.6 is 0 Å². The molecular weight excluding hydrogens is 141 g/mol. The van der Waals surface area contributed by atoms with Crippen LogP contribution in [0.1, 0.15) is 13.3 Å². The lowest BCUT2D eigenvalue weighted by Gasteiger charge is -2.17. The quantitative estimate of drug-likeness (QED) is 0.592. The first-order chi connectivity index (χ1) is 5.43. The Bertz CT molecular complexity index is 94.4. The van der Waals surface area contributed by atoms with E-state index in [9.17, 15) is 0 Å². The zero-order valence-corrected chi connectivity index (χ0v) is 7.14. The maximum Gasteiger partial charge on any atom is 0.456 e. The van der Waals surface area contributed by atoms with Gasteiger partial charge in [-0.25, -0.2) is 0 Å². The average molecular weight is 157 g/mol. The van der Waals surface area contributed by atoms with Gasteiger partial charge in [-0.05, 0) is 6.32 Å². The minimum Gasteiger partial charge on any atom is -0.410 e. The van der Waals surface area contributed by atoms with Gasteiger partial charge in [0.05, 0.1) is 0 Å². The number of rotatable bonds is 2. The molecule has 0 aliphatic carbocycles. The zero-order valence-electron chi connectivity index (χ0n) is 7.14. The number of hydrogen-bond donors (Lipinski definition) is 1. The largest absolute Gasteiger partial charge is 0.456 e. The molecule has 0 aromatic heterocycles. The molecule has 0 amide bonds. The second kappa shape index (κ2) is 5.58. The third kappa shape index (κ3) is 3.75. The fourth-order valence-corrected chi connectivity index (χ4v) is 1.10. The van der Waals surface area contributed by atoms with Crippen LogP contribution < -0.4 is 5.32 Å². The minimum atomic E-state index is 0.0436. The first-order valence-corrected chi connectivity index (χ1v) is 4.37. The van der Waals surface area contributed by atoms with Gasteiger partial charge in [-0.3, -0.25) is 0 Å². The van der Waals surface area contributed by atoms with E-state index in [0.717, 1.165) is 39.0 Å². The van der Waals surface area contributed by atoms with Gasteiger partial charge in [0.15, 0.2) is 0 Å². The van der Waals surface area contributed by atoms with Crippen molar-refractivity contribution in [3.63, 3.8) is 0 Å². The fourth-order valence-electron chi connectivity index (χ4n) is 1.10. The maximum absolute atomic E-state index is 5.44. The number of hydrogen-bond acceptors (Lipinski definition) is 3. The molecule has 0 aromatic rings. The zero-order chi connectivity index (χ0) is 7.94. The van der Waals surface area contributed by atoms with E-state index in [2.05, 4.69) is 12.2 Å². The third-order valence-corrected chi connectivity index (χ3v) is 1.69.